The van der Waals surface area contributed by atoms with Gasteiger partial charge in [0, 0.05) is 11.8 Å². The normalized spacial score (nSPS) is 20.1. The zero-order valence-corrected chi connectivity index (χ0v) is 8.63. The lowest BCUT2D eigenvalue weighted by Gasteiger charge is -2.29. The molecule has 0 aromatic carbocycles. The standard InChI is InChI=1S/C8H19OP/c1-5-8(4,10)7(3)9-6-2/h7H,5-6,10H2,1-4H3. The lowest BCUT2D eigenvalue weighted by molar-refractivity contribution is 0.0498. The van der Waals surface area contributed by atoms with Gasteiger partial charge in [-0.3, -0.25) is 0 Å². The van der Waals surface area contributed by atoms with E-state index in [-0.39, 0.29) is 5.16 Å². The maximum absolute atomic E-state index is 5.48. The predicted molar refractivity (Wildman–Crippen MR) is 49.5 cm³/mol. The third-order valence-electron chi connectivity index (χ3n) is 2.11. The van der Waals surface area contributed by atoms with Crippen LogP contribution in [0.1, 0.15) is 34.1 Å². The fourth-order valence-corrected chi connectivity index (χ4v) is 0.824. The summed E-state index contributed by atoms with van der Waals surface area (Å²) < 4.78 is 5.48. The molecule has 0 radical (unpaired) electrons. The molecule has 0 aromatic rings. The summed E-state index contributed by atoms with van der Waals surface area (Å²) in [5.41, 5.74) is 0. The van der Waals surface area contributed by atoms with Crippen LogP contribution < -0.4 is 0 Å². The fourth-order valence-electron chi connectivity index (χ4n) is 0.728. The summed E-state index contributed by atoms with van der Waals surface area (Å²) >= 11 is 0. The van der Waals surface area contributed by atoms with Crippen molar-refractivity contribution in [3.05, 3.63) is 0 Å². The first kappa shape index (κ1) is 10.4. The Morgan fingerprint density at radius 3 is 2.30 bits per heavy atom. The molecule has 0 bridgehead atoms. The minimum absolute atomic E-state index is 0.246. The van der Waals surface area contributed by atoms with E-state index in [0.717, 1.165) is 13.0 Å². The highest BCUT2D eigenvalue weighted by Gasteiger charge is 2.23. The molecule has 0 N–H and O–H groups in total. The summed E-state index contributed by atoms with van der Waals surface area (Å²) in [7, 11) is 2.86. The SMILES string of the molecule is CCOC(C)C(C)(P)CC. The molecule has 62 valence electrons. The van der Waals surface area contributed by atoms with Crippen molar-refractivity contribution < 1.29 is 4.74 Å². The van der Waals surface area contributed by atoms with Crippen molar-refractivity contribution in [3.8, 4) is 0 Å². The Morgan fingerprint density at radius 2 is 2.00 bits per heavy atom. The second-order valence-electron chi connectivity index (χ2n) is 2.96. The Kier molecular flexibility index (Phi) is 4.47. The van der Waals surface area contributed by atoms with Gasteiger partial charge in [-0.05, 0) is 20.3 Å². The molecule has 0 aromatic heterocycles. The zero-order chi connectivity index (χ0) is 8.20. The maximum atomic E-state index is 5.48. The van der Waals surface area contributed by atoms with Gasteiger partial charge in [0.05, 0.1) is 6.10 Å². The molecule has 0 aliphatic rings. The predicted octanol–water partition coefficient (Wildman–Crippen LogP) is 2.46. The quantitative estimate of drug-likeness (QED) is 0.577. The van der Waals surface area contributed by atoms with Crippen LogP contribution >= 0.6 is 9.24 Å². The van der Waals surface area contributed by atoms with E-state index in [1.54, 1.807) is 0 Å². The number of rotatable bonds is 4. The molecule has 0 amide bonds. The molecular formula is C8H19OP. The Labute approximate surface area is 66.7 Å². The van der Waals surface area contributed by atoms with Crippen LogP contribution in [0.25, 0.3) is 0 Å². The van der Waals surface area contributed by atoms with Crippen molar-refractivity contribution in [3.63, 3.8) is 0 Å². The molecular weight excluding hydrogens is 143 g/mol. The molecule has 0 saturated carbocycles. The van der Waals surface area contributed by atoms with Gasteiger partial charge in [0.15, 0.2) is 0 Å². The van der Waals surface area contributed by atoms with Crippen LogP contribution in [0, 0.1) is 0 Å². The third kappa shape index (κ3) is 2.98. The highest BCUT2D eigenvalue weighted by Crippen LogP contribution is 2.27. The monoisotopic (exact) mass is 162 g/mol. The average molecular weight is 162 g/mol. The van der Waals surface area contributed by atoms with Crippen LogP contribution in [0.3, 0.4) is 0 Å². The topological polar surface area (TPSA) is 9.23 Å². The van der Waals surface area contributed by atoms with Crippen LogP contribution in [0.5, 0.6) is 0 Å². The van der Waals surface area contributed by atoms with Gasteiger partial charge < -0.3 is 4.74 Å². The first-order chi connectivity index (χ1) is 4.54. The molecule has 0 aliphatic carbocycles. The van der Waals surface area contributed by atoms with Crippen LogP contribution in [0.2, 0.25) is 0 Å². The Hall–Kier alpha value is 0.390. The van der Waals surface area contributed by atoms with E-state index in [1.807, 2.05) is 6.92 Å². The molecule has 0 spiro atoms. The van der Waals surface area contributed by atoms with Gasteiger partial charge in [-0.15, -0.1) is 9.24 Å². The molecule has 3 atom stereocenters. The van der Waals surface area contributed by atoms with Crippen molar-refractivity contribution in [1.82, 2.24) is 0 Å². The van der Waals surface area contributed by atoms with E-state index in [1.165, 1.54) is 0 Å². The second kappa shape index (κ2) is 4.31. The smallest absolute Gasteiger partial charge is 0.0634 e. The first-order valence-corrected chi connectivity index (χ1v) is 4.52. The summed E-state index contributed by atoms with van der Waals surface area (Å²) in [4.78, 5) is 0. The average Bonchev–Trinajstić information content (AvgIpc) is 1.89. The van der Waals surface area contributed by atoms with Gasteiger partial charge in [-0.1, -0.05) is 13.8 Å². The van der Waals surface area contributed by atoms with Gasteiger partial charge in [-0.2, -0.15) is 0 Å². The second-order valence-corrected chi connectivity index (χ2v) is 4.28. The molecule has 1 nitrogen and oxygen atoms in total. The van der Waals surface area contributed by atoms with E-state index in [9.17, 15) is 0 Å². The molecule has 0 heterocycles. The van der Waals surface area contributed by atoms with Crippen molar-refractivity contribution in [2.24, 2.45) is 0 Å². The van der Waals surface area contributed by atoms with Crippen LogP contribution in [0.15, 0.2) is 0 Å². The van der Waals surface area contributed by atoms with Gasteiger partial charge in [0.25, 0.3) is 0 Å². The first-order valence-electron chi connectivity index (χ1n) is 3.95. The van der Waals surface area contributed by atoms with Crippen LogP contribution in [-0.4, -0.2) is 17.9 Å². The van der Waals surface area contributed by atoms with E-state index in [4.69, 9.17) is 4.74 Å². The van der Waals surface area contributed by atoms with Crippen molar-refractivity contribution >= 4 is 9.24 Å². The van der Waals surface area contributed by atoms with Crippen molar-refractivity contribution in [2.75, 3.05) is 6.61 Å². The van der Waals surface area contributed by atoms with Crippen molar-refractivity contribution in [2.45, 2.75) is 45.4 Å². The summed E-state index contributed by atoms with van der Waals surface area (Å²) in [5, 5.41) is 0.246. The van der Waals surface area contributed by atoms with Gasteiger partial charge in [0.2, 0.25) is 0 Å². The Balaban J connectivity index is 3.78. The number of hydrogen-bond acceptors (Lipinski definition) is 1. The van der Waals surface area contributed by atoms with Gasteiger partial charge >= 0.3 is 0 Å². The molecule has 2 heteroatoms. The Bertz CT molecular complexity index is 91.3. The molecule has 3 unspecified atom stereocenters. The third-order valence-corrected chi connectivity index (χ3v) is 2.98. The van der Waals surface area contributed by atoms with Gasteiger partial charge in [-0.25, -0.2) is 0 Å². The molecule has 0 rings (SSSR count). The molecule has 10 heavy (non-hydrogen) atoms. The van der Waals surface area contributed by atoms with E-state index in [2.05, 4.69) is 30.0 Å². The lowest BCUT2D eigenvalue weighted by atomic mass is 10.0. The summed E-state index contributed by atoms with van der Waals surface area (Å²) in [6.07, 6.45) is 1.48. The Morgan fingerprint density at radius 1 is 1.50 bits per heavy atom. The van der Waals surface area contributed by atoms with Gasteiger partial charge in [0.1, 0.15) is 0 Å². The van der Waals surface area contributed by atoms with E-state index < -0.39 is 0 Å². The molecule has 0 saturated heterocycles. The minimum Gasteiger partial charge on any atom is -0.378 e. The lowest BCUT2D eigenvalue weighted by Crippen LogP contribution is -2.32. The summed E-state index contributed by atoms with van der Waals surface area (Å²) in [5.74, 6) is 0. The minimum atomic E-state index is 0.246. The largest absolute Gasteiger partial charge is 0.378 e. The highest BCUT2D eigenvalue weighted by molar-refractivity contribution is 7.19. The summed E-state index contributed by atoms with van der Waals surface area (Å²) in [6, 6.07) is 0. The highest BCUT2D eigenvalue weighted by atomic mass is 31.0. The zero-order valence-electron chi connectivity index (χ0n) is 7.48. The van der Waals surface area contributed by atoms with Crippen LogP contribution in [-0.2, 0) is 4.74 Å². The van der Waals surface area contributed by atoms with E-state index in [0.29, 0.717) is 6.10 Å². The number of hydrogen-bond donors (Lipinski definition) is 0. The maximum Gasteiger partial charge on any atom is 0.0634 e. The van der Waals surface area contributed by atoms with E-state index >= 15 is 0 Å². The van der Waals surface area contributed by atoms with Crippen molar-refractivity contribution in [1.29, 1.82) is 0 Å². The number of ether oxygens (including phenoxy) is 1. The summed E-state index contributed by atoms with van der Waals surface area (Å²) in [6.45, 7) is 9.36. The molecule has 0 fully saturated rings. The van der Waals surface area contributed by atoms with Crippen LogP contribution in [0.4, 0.5) is 0 Å². The fraction of sp³-hybridized carbons (Fsp3) is 1.00. The molecule has 0 aliphatic heterocycles.